The van der Waals surface area contributed by atoms with Gasteiger partial charge < -0.3 is 5.73 Å². The topological polar surface area (TPSA) is 26.0 Å². The third-order valence-corrected chi connectivity index (χ3v) is 1.57. The molecule has 0 aliphatic heterocycles. The van der Waals surface area contributed by atoms with Gasteiger partial charge in [0.25, 0.3) is 5.92 Å². The molecule has 1 aliphatic carbocycles. The lowest BCUT2D eigenvalue weighted by Gasteiger charge is -2.12. The summed E-state index contributed by atoms with van der Waals surface area (Å²) >= 11 is 0. The Hall–Kier alpha value is 0.110. The first kappa shape index (κ1) is 9.11. The van der Waals surface area contributed by atoms with E-state index in [-0.39, 0.29) is 18.8 Å². The molecule has 2 N–H and O–H groups in total. The van der Waals surface area contributed by atoms with Crippen LogP contribution in [0.5, 0.6) is 0 Å². The smallest absolute Gasteiger partial charge is 0.262 e. The molecular weight excluding hydrogens is 148 g/mol. The first-order valence-electron chi connectivity index (χ1n) is 2.76. The zero-order valence-corrected chi connectivity index (χ0v) is 5.76. The van der Waals surface area contributed by atoms with E-state index in [0.29, 0.717) is 12.8 Å². The fraction of sp³-hybridized carbons (Fsp3) is 1.00. The predicted octanol–water partition coefficient (Wildman–Crippen LogP) is 1.55. The van der Waals surface area contributed by atoms with Crippen LogP contribution in [0.1, 0.15) is 19.3 Å². The minimum Gasteiger partial charge on any atom is -0.323 e. The normalized spacial score (nSPS) is 31.7. The van der Waals surface area contributed by atoms with Crippen LogP contribution in [0.25, 0.3) is 0 Å². The van der Waals surface area contributed by atoms with Gasteiger partial charge in [0.2, 0.25) is 0 Å². The molecule has 1 rings (SSSR count). The molecule has 1 fully saturated rings. The van der Waals surface area contributed by atoms with E-state index < -0.39 is 12.0 Å². The van der Waals surface area contributed by atoms with Crippen LogP contribution < -0.4 is 5.73 Å². The van der Waals surface area contributed by atoms with Gasteiger partial charge in [-0.2, -0.15) is 0 Å². The third-order valence-electron chi connectivity index (χ3n) is 1.57. The van der Waals surface area contributed by atoms with E-state index in [1.165, 1.54) is 0 Å². The van der Waals surface area contributed by atoms with Crippen molar-refractivity contribution in [2.75, 3.05) is 0 Å². The maximum absolute atomic E-state index is 12.2. The first-order chi connectivity index (χ1) is 3.63. The second-order valence-electron chi connectivity index (χ2n) is 2.26. The zero-order valence-electron chi connectivity index (χ0n) is 4.94. The van der Waals surface area contributed by atoms with Crippen LogP contribution >= 0.6 is 12.4 Å². The fourth-order valence-corrected chi connectivity index (χ4v) is 0.954. The van der Waals surface area contributed by atoms with Crippen LogP contribution in [0.4, 0.5) is 8.78 Å². The molecule has 0 aromatic heterocycles. The first-order valence-corrected chi connectivity index (χ1v) is 2.76. The highest BCUT2D eigenvalue weighted by Gasteiger charge is 2.40. The molecule has 1 atom stereocenters. The summed E-state index contributed by atoms with van der Waals surface area (Å²) in [6, 6.07) is -0.873. The molecule has 0 unspecified atom stereocenters. The Labute approximate surface area is 59.0 Å². The Morgan fingerprint density at radius 2 is 2.00 bits per heavy atom. The molecule has 0 saturated heterocycles. The number of alkyl halides is 2. The van der Waals surface area contributed by atoms with Crippen molar-refractivity contribution < 1.29 is 8.78 Å². The Morgan fingerprint density at radius 1 is 1.44 bits per heavy atom. The minimum atomic E-state index is -2.57. The fourth-order valence-electron chi connectivity index (χ4n) is 0.954. The highest BCUT2D eigenvalue weighted by Crippen LogP contribution is 2.33. The van der Waals surface area contributed by atoms with Crippen LogP contribution in [-0.2, 0) is 0 Å². The van der Waals surface area contributed by atoms with Crippen LogP contribution in [0, 0.1) is 0 Å². The molecule has 0 spiro atoms. The lowest BCUT2D eigenvalue weighted by molar-refractivity contribution is -0.00644. The van der Waals surface area contributed by atoms with Gasteiger partial charge in [-0.25, -0.2) is 8.78 Å². The number of rotatable bonds is 0. The SMILES string of the molecule is Cl.N[C@H]1CCCC1(F)F. The number of halogens is 3. The molecule has 0 bridgehead atoms. The predicted molar refractivity (Wildman–Crippen MR) is 34.0 cm³/mol. The lowest BCUT2D eigenvalue weighted by atomic mass is 10.2. The van der Waals surface area contributed by atoms with Crippen molar-refractivity contribution in [3.05, 3.63) is 0 Å². The largest absolute Gasteiger partial charge is 0.323 e. The van der Waals surface area contributed by atoms with Crippen LogP contribution in [0.2, 0.25) is 0 Å². The van der Waals surface area contributed by atoms with Gasteiger partial charge in [0.05, 0.1) is 6.04 Å². The minimum absolute atomic E-state index is 0. The number of hydrogen-bond acceptors (Lipinski definition) is 1. The average molecular weight is 158 g/mol. The Balaban J connectivity index is 0.000000640. The van der Waals surface area contributed by atoms with Gasteiger partial charge in [-0.3, -0.25) is 0 Å². The highest BCUT2D eigenvalue weighted by molar-refractivity contribution is 5.85. The van der Waals surface area contributed by atoms with Crippen molar-refractivity contribution in [2.24, 2.45) is 5.73 Å². The summed E-state index contributed by atoms with van der Waals surface area (Å²) in [7, 11) is 0. The lowest BCUT2D eigenvalue weighted by Crippen LogP contribution is -2.34. The summed E-state index contributed by atoms with van der Waals surface area (Å²) in [5.74, 6) is -2.57. The monoisotopic (exact) mass is 157 g/mol. The molecule has 1 saturated carbocycles. The van der Waals surface area contributed by atoms with Crippen molar-refractivity contribution in [3.63, 3.8) is 0 Å². The van der Waals surface area contributed by atoms with Gasteiger partial charge in [0.1, 0.15) is 0 Å². The van der Waals surface area contributed by atoms with Crippen molar-refractivity contribution in [3.8, 4) is 0 Å². The Kier molecular flexibility index (Phi) is 2.83. The zero-order chi connectivity index (χ0) is 6.20. The van der Waals surface area contributed by atoms with Crippen LogP contribution in [0.3, 0.4) is 0 Å². The maximum atomic E-state index is 12.2. The van der Waals surface area contributed by atoms with Gasteiger partial charge in [0.15, 0.2) is 0 Å². The van der Waals surface area contributed by atoms with E-state index in [4.69, 9.17) is 5.73 Å². The Morgan fingerprint density at radius 3 is 2.11 bits per heavy atom. The van der Waals surface area contributed by atoms with E-state index in [1.54, 1.807) is 0 Å². The molecule has 0 amide bonds. The van der Waals surface area contributed by atoms with Gasteiger partial charge >= 0.3 is 0 Å². The molecule has 9 heavy (non-hydrogen) atoms. The van der Waals surface area contributed by atoms with E-state index in [0.717, 1.165) is 0 Å². The summed E-state index contributed by atoms with van der Waals surface area (Å²) in [6.07, 6.45) is 1.04. The van der Waals surface area contributed by atoms with Gasteiger partial charge in [-0.05, 0) is 12.8 Å². The van der Waals surface area contributed by atoms with Crippen molar-refractivity contribution in [1.82, 2.24) is 0 Å². The quantitative estimate of drug-likeness (QED) is 0.568. The van der Waals surface area contributed by atoms with E-state index >= 15 is 0 Å². The van der Waals surface area contributed by atoms with E-state index in [2.05, 4.69) is 0 Å². The molecule has 0 radical (unpaired) electrons. The molecule has 0 heterocycles. The summed E-state index contributed by atoms with van der Waals surface area (Å²) in [5, 5.41) is 0. The summed E-state index contributed by atoms with van der Waals surface area (Å²) in [6.45, 7) is 0. The molecule has 56 valence electrons. The Bertz CT molecular complexity index is 97.0. The highest BCUT2D eigenvalue weighted by atomic mass is 35.5. The van der Waals surface area contributed by atoms with Gasteiger partial charge in [0, 0.05) is 6.42 Å². The second-order valence-corrected chi connectivity index (χ2v) is 2.26. The number of nitrogens with two attached hydrogens (primary N) is 1. The molecule has 0 aromatic carbocycles. The van der Waals surface area contributed by atoms with Crippen LogP contribution in [0.15, 0.2) is 0 Å². The molecule has 0 aromatic rings. The average Bonchev–Trinajstić information content (AvgIpc) is 1.86. The standard InChI is InChI=1S/C5H9F2N.ClH/c6-5(7)3-1-2-4(5)8;/h4H,1-3,8H2;1H/t4-;/m0./s1. The van der Waals surface area contributed by atoms with Crippen molar-refractivity contribution >= 4 is 12.4 Å². The van der Waals surface area contributed by atoms with Crippen LogP contribution in [-0.4, -0.2) is 12.0 Å². The van der Waals surface area contributed by atoms with Gasteiger partial charge in [-0.1, -0.05) is 0 Å². The summed E-state index contributed by atoms with van der Waals surface area (Å²) < 4.78 is 24.4. The second kappa shape index (κ2) is 2.80. The summed E-state index contributed by atoms with van der Waals surface area (Å²) in [5.41, 5.74) is 5.06. The molecule has 1 aliphatic rings. The molecule has 4 heteroatoms. The third kappa shape index (κ3) is 1.76. The van der Waals surface area contributed by atoms with Crippen molar-refractivity contribution in [2.45, 2.75) is 31.2 Å². The number of hydrogen-bond donors (Lipinski definition) is 1. The van der Waals surface area contributed by atoms with Gasteiger partial charge in [-0.15, -0.1) is 12.4 Å². The van der Waals surface area contributed by atoms with Crippen molar-refractivity contribution in [1.29, 1.82) is 0 Å². The van der Waals surface area contributed by atoms with E-state index in [1.807, 2.05) is 0 Å². The maximum Gasteiger partial charge on any atom is 0.262 e. The molecule has 1 nitrogen and oxygen atoms in total. The molecular formula is C5H10ClF2N. The van der Waals surface area contributed by atoms with E-state index in [9.17, 15) is 8.78 Å². The summed E-state index contributed by atoms with van der Waals surface area (Å²) in [4.78, 5) is 0.